The first-order chi connectivity index (χ1) is 20.2. The van der Waals surface area contributed by atoms with Crippen molar-refractivity contribution in [2.75, 3.05) is 105 Å². The lowest BCUT2D eigenvalue weighted by atomic mass is 10.2. The predicted molar refractivity (Wildman–Crippen MR) is 155 cm³/mol. The minimum atomic E-state index is -0.968. The maximum Gasteiger partial charge on any atom is 0.338 e. The maximum atomic E-state index is 12.6. The SMILES string of the molecule is CCCCCCNC(=O)NOCCNC(=O)CN1CCN(CC(=O)O)CCN(CC=O)CCN(CC(=O)O)CC1.CO. The van der Waals surface area contributed by atoms with Gasteiger partial charge in [0, 0.05) is 72.6 Å². The van der Waals surface area contributed by atoms with Gasteiger partial charge in [-0.2, -0.15) is 0 Å². The van der Waals surface area contributed by atoms with E-state index in [0.717, 1.165) is 39.1 Å². The highest BCUT2D eigenvalue weighted by molar-refractivity contribution is 5.78. The monoisotopic (exact) mass is 605 g/mol. The number of aliphatic hydroxyl groups is 1. The van der Waals surface area contributed by atoms with Crippen LogP contribution in [0.1, 0.15) is 32.6 Å². The van der Waals surface area contributed by atoms with E-state index >= 15 is 0 Å². The summed E-state index contributed by atoms with van der Waals surface area (Å²) in [5, 5.41) is 31.0. The number of aldehydes is 1. The number of unbranched alkanes of at least 4 members (excludes halogenated alkanes) is 3. The van der Waals surface area contributed by atoms with Gasteiger partial charge in [0.1, 0.15) is 6.29 Å². The van der Waals surface area contributed by atoms with E-state index in [1.165, 1.54) is 0 Å². The Kier molecular flexibility index (Phi) is 24.0. The van der Waals surface area contributed by atoms with Crippen LogP contribution in [-0.2, 0) is 24.0 Å². The second-order valence-electron chi connectivity index (χ2n) is 9.70. The molecule has 1 fully saturated rings. The van der Waals surface area contributed by atoms with Crippen molar-refractivity contribution in [3.8, 4) is 0 Å². The molecule has 0 aromatic carbocycles. The molecule has 0 saturated carbocycles. The number of aliphatic carboxylic acids is 2. The van der Waals surface area contributed by atoms with Crippen LogP contribution in [0, 0.1) is 0 Å². The first kappa shape index (κ1) is 39.1. The van der Waals surface area contributed by atoms with Gasteiger partial charge in [0.2, 0.25) is 5.91 Å². The van der Waals surface area contributed by atoms with Crippen LogP contribution in [0.25, 0.3) is 0 Å². The van der Waals surface area contributed by atoms with E-state index < -0.39 is 18.0 Å². The maximum absolute atomic E-state index is 12.6. The fraction of sp³-hybridized carbons (Fsp3) is 0.808. The van der Waals surface area contributed by atoms with Gasteiger partial charge < -0.3 is 30.7 Å². The van der Waals surface area contributed by atoms with Gasteiger partial charge in [-0.3, -0.25) is 38.8 Å². The highest BCUT2D eigenvalue weighted by Crippen LogP contribution is 2.01. The van der Waals surface area contributed by atoms with Gasteiger partial charge in [-0.25, -0.2) is 10.3 Å². The quantitative estimate of drug-likeness (QED) is 0.0611. The number of amides is 3. The number of carbonyl (C=O) groups is 5. The minimum Gasteiger partial charge on any atom is -0.480 e. The van der Waals surface area contributed by atoms with Crippen LogP contribution in [0.4, 0.5) is 4.79 Å². The molecule has 0 radical (unpaired) electrons. The number of hydrogen-bond donors (Lipinski definition) is 6. The zero-order valence-corrected chi connectivity index (χ0v) is 25.1. The van der Waals surface area contributed by atoms with Crippen molar-refractivity contribution in [3.05, 3.63) is 0 Å². The molecule has 0 bridgehead atoms. The lowest BCUT2D eigenvalue weighted by Gasteiger charge is -2.32. The molecule has 1 rings (SSSR count). The number of nitrogens with zero attached hydrogens (tertiary/aromatic N) is 4. The van der Waals surface area contributed by atoms with E-state index in [4.69, 9.17) is 9.94 Å². The van der Waals surface area contributed by atoms with Crippen molar-refractivity contribution in [3.63, 3.8) is 0 Å². The summed E-state index contributed by atoms with van der Waals surface area (Å²) in [6, 6.07) is -0.437. The summed E-state index contributed by atoms with van der Waals surface area (Å²) in [5.74, 6) is -2.21. The highest BCUT2D eigenvalue weighted by Gasteiger charge is 2.20. The standard InChI is InChI=1S/C25H47N7O8.CH4O/c1-2-3-4-5-6-27-25(39)28-40-18-7-26-22(34)19-30-12-14-31(20-23(35)36)10-8-29(16-17-33)9-11-32(15-13-30)21-24(37)38;1-2/h17H,2-16,18-21H2,1H3,(H,26,34)(H,35,36)(H,37,38)(H2,27,28,39);2H,1H3. The van der Waals surface area contributed by atoms with Crippen LogP contribution in [-0.4, -0.2) is 170 Å². The van der Waals surface area contributed by atoms with Gasteiger partial charge >= 0.3 is 18.0 Å². The average Bonchev–Trinajstić information content (AvgIpc) is 2.94. The van der Waals surface area contributed by atoms with Crippen molar-refractivity contribution < 1.29 is 44.1 Å². The predicted octanol–water partition coefficient (Wildman–Crippen LogP) is -1.89. The minimum absolute atomic E-state index is 0.0325. The van der Waals surface area contributed by atoms with Crippen LogP contribution in [0.15, 0.2) is 0 Å². The Morgan fingerprint density at radius 1 is 0.714 bits per heavy atom. The summed E-state index contributed by atoms with van der Waals surface area (Å²) in [5.41, 5.74) is 2.28. The number of hydroxylamine groups is 1. The molecule has 0 spiro atoms. The fourth-order valence-corrected chi connectivity index (χ4v) is 4.13. The Bertz CT molecular complexity index is 744. The summed E-state index contributed by atoms with van der Waals surface area (Å²) >= 11 is 0. The van der Waals surface area contributed by atoms with Crippen molar-refractivity contribution in [2.24, 2.45) is 0 Å². The smallest absolute Gasteiger partial charge is 0.338 e. The molecular weight excluding hydrogens is 554 g/mol. The molecule has 1 heterocycles. The number of carbonyl (C=O) groups excluding carboxylic acids is 3. The molecule has 16 heteroatoms. The number of rotatable bonds is 17. The van der Waals surface area contributed by atoms with Gasteiger partial charge in [-0.15, -0.1) is 0 Å². The van der Waals surface area contributed by atoms with Crippen molar-refractivity contribution in [2.45, 2.75) is 32.6 Å². The molecular formula is C26H51N7O9. The Morgan fingerprint density at radius 2 is 1.21 bits per heavy atom. The van der Waals surface area contributed by atoms with Gasteiger partial charge in [0.05, 0.1) is 32.8 Å². The molecule has 0 aromatic rings. The third kappa shape index (κ3) is 21.8. The van der Waals surface area contributed by atoms with Gasteiger partial charge in [-0.05, 0) is 6.42 Å². The largest absolute Gasteiger partial charge is 0.480 e. The molecule has 3 amide bonds. The van der Waals surface area contributed by atoms with Crippen LogP contribution in [0.2, 0.25) is 0 Å². The Morgan fingerprint density at radius 3 is 1.69 bits per heavy atom. The second-order valence-corrected chi connectivity index (χ2v) is 9.70. The van der Waals surface area contributed by atoms with Crippen molar-refractivity contribution >= 4 is 30.2 Å². The highest BCUT2D eigenvalue weighted by atomic mass is 16.7. The molecule has 1 aliphatic heterocycles. The Hall–Kier alpha value is -2.89. The molecule has 0 atom stereocenters. The number of carboxylic acid groups (broad SMARTS) is 2. The van der Waals surface area contributed by atoms with E-state index in [9.17, 15) is 34.2 Å². The van der Waals surface area contributed by atoms with Gasteiger partial charge in [0.25, 0.3) is 0 Å². The molecule has 42 heavy (non-hydrogen) atoms. The van der Waals surface area contributed by atoms with E-state index in [2.05, 4.69) is 23.0 Å². The van der Waals surface area contributed by atoms with Crippen molar-refractivity contribution in [1.29, 1.82) is 0 Å². The van der Waals surface area contributed by atoms with Crippen LogP contribution >= 0.6 is 0 Å². The van der Waals surface area contributed by atoms with E-state index in [1.807, 2.05) is 9.80 Å². The zero-order chi connectivity index (χ0) is 31.6. The number of aliphatic hydroxyl groups excluding tert-OH is 1. The number of nitrogens with one attached hydrogen (secondary N) is 3. The first-order valence-electron chi connectivity index (χ1n) is 14.4. The fourth-order valence-electron chi connectivity index (χ4n) is 4.13. The molecule has 1 saturated heterocycles. The number of hydrogen-bond acceptors (Lipinski definition) is 11. The van der Waals surface area contributed by atoms with Crippen molar-refractivity contribution in [1.82, 2.24) is 35.7 Å². The van der Waals surface area contributed by atoms with E-state index in [-0.39, 0.29) is 45.2 Å². The average molecular weight is 606 g/mol. The molecule has 0 unspecified atom stereocenters. The molecule has 0 aromatic heterocycles. The normalized spacial score (nSPS) is 16.2. The third-order valence-corrected chi connectivity index (χ3v) is 6.35. The van der Waals surface area contributed by atoms with Crippen LogP contribution in [0.5, 0.6) is 0 Å². The zero-order valence-electron chi connectivity index (χ0n) is 25.1. The topological polar surface area (TPSA) is 204 Å². The summed E-state index contributed by atoms with van der Waals surface area (Å²) in [4.78, 5) is 70.4. The first-order valence-corrected chi connectivity index (χ1v) is 14.4. The second kappa shape index (κ2) is 25.8. The van der Waals surface area contributed by atoms with Gasteiger partial charge in [0.15, 0.2) is 0 Å². The van der Waals surface area contributed by atoms with Crippen LogP contribution < -0.4 is 16.1 Å². The molecule has 6 N–H and O–H groups in total. The number of carboxylic acids is 2. The lowest BCUT2D eigenvalue weighted by molar-refractivity contribution is -0.139. The van der Waals surface area contributed by atoms with E-state index in [0.29, 0.717) is 58.9 Å². The Balaban J connectivity index is 0.00000821. The molecule has 1 aliphatic rings. The molecule has 244 valence electrons. The van der Waals surface area contributed by atoms with Crippen LogP contribution in [0.3, 0.4) is 0 Å². The molecule has 16 nitrogen and oxygen atoms in total. The molecule has 0 aliphatic carbocycles. The summed E-state index contributed by atoms with van der Waals surface area (Å²) < 4.78 is 0. The Labute approximate surface area is 248 Å². The number of urea groups is 1. The summed E-state index contributed by atoms with van der Waals surface area (Å²) in [6.07, 6.45) is 4.97. The van der Waals surface area contributed by atoms with E-state index in [1.54, 1.807) is 9.80 Å². The van der Waals surface area contributed by atoms with Gasteiger partial charge in [-0.1, -0.05) is 26.2 Å². The summed E-state index contributed by atoms with van der Waals surface area (Å²) in [7, 11) is 1.00. The lowest BCUT2D eigenvalue weighted by Crippen LogP contribution is -2.49. The summed E-state index contributed by atoms with van der Waals surface area (Å²) in [6.45, 7) is 6.09. The third-order valence-electron chi connectivity index (χ3n) is 6.35.